The lowest BCUT2D eigenvalue weighted by atomic mass is 9.95. The molecule has 3 heteroatoms. The topological polar surface area (TPSA) is 23.6 Å². The maximum Gasteiger partial charge on any atom is 0.225 e. The Labute approximate surface area is 134 Å². The Morgan fingerprint density at radius 2 is 1.82 bits per heavy atom. The van der Waals surface area contributed by atoms with Crippen LogP contribution in [0.2, 0.25) is 0 Å². The Balaban J connectivity index is 1.75. The van der Waals surface area contributed by atoms with E-state index >= 15 is 0 Å². The van der Waals surface area contributed by atoms with Gasteiger partial charge in [-0.1, -0.05) is 42.5 Å². The van der Waals surface area contributed by atoms with Crippen LogP contribution >= 0.6 is 0 Å². The summed E-state index contributed by atoms with van der Waals surface area (Å²) in [5.74, 6) is 0.582. The third-order valence-corrected chi connectivity index (χ3v) is 4.49. The predicted molar refractivity (Wildman–Crippen MR) is 92.6 cm³/mol. The van der Waals surface area contributed by atoms with Gasteiger partial charge in [0, 0.05) is 25.6 Å². The number of hydrogen-bond acceptors (Lipinski definition) is 2. The van der Waals surface area contributed by atoms with E-state index in [0.29, 0.717) is 5.91 Å². The summed E-state index contributed by atoms with van der Waals surface area (Å²) in [5, 5.41) is 0. The molecular formula is C19H28N2O. The molecule has 1 aromatic carbocycles. The molecule has 0 N–H and O–H groups in total. The van der Waals surface area contributed by atoms with Crippen LogP contribution in [0.3, 0.4) is 0 Å². The van der Waals surface area contributed by atoms with E-state index < -0.39 is 0 Å². The fourth-order valence-electron chi connectivity index (χ4n) is 3.06. The van der Waals surface area contributed by atoms with Crippen molar-refractivity contribution in [3.05, 3.63) is 42.0 Å². The fourth-order valence-corrected chi connectivity index (χ4v) is 3.06. The first-order valence-corrected chi connectivity index (χ1v) is 8.47. The van der Waals surface area contributed by atoms with Crippen LogP contribution in [0.4, 0.5) is 0 Å². The van der Waals surface area contributed by atoms with Crippen LogP contribution in [0.15, 0.2) is 36.4 Å². The zero-order valence-corrected chi connectivity index (χ0v) is 13.9. The Kier molecular flexibility index (Phi) is 6.66. The first kappa shape index (κ1) is 16.8. The minimum absolute atomic E-state index is 0.231. The van der Waals surface area contributed by atoms with E-state index in [4.69, 9.17) is 0 Å². The smallest absolute Gasteiger partial charge is 0.225 e. The first-order chi connectivity index (χ1) is 10.7. The minimum Gasteiger partial charge on any atom is -0.343 e. The van der Waals surface area contributed by atoms with Gasteiger partial charge in [0.2, 0.25) is 5.91 Å². The molecule has 0 aliphatic carbocycles. The quantitative estimate of drug-likeness (QED) is 0.805. The summed E-state index contributed by atoms with van der Waals surface area (Å²) in [6, 6.07) is 10.4. The monoisotopic (exact) mass is 300 g/mol. The summed E-state index contributed by atoms with van der Waals surface area (Å²) in [7, 11) is 0. The van der Waals surface area contributed by atoms with Crippen LogP contribution in [0.25, 0.3) is 6.08 Å². The summed E-state index contributed by atoms with van der Waals surface area (Å²) >= 11 is 0. The zero-order chi connectivity index (χ0) is 15.8. The number of benzene rings is 1. The molecule has 1 heterocycles. The number of carbonyl (C=O) groups excluding carboxylic acids is 1. The lowest BCUT2D eigenvalue weighted by molar-refractivity contribution is -0.136. The second kappa shape index (κ2) is 8.74. The van der Waals surface area contributed by atoms with Crippen molar-refractivity contribution in [3.8, 4) is 0 Å². The van der Waals surface area contributed by atoms with Gasteiger partial charge >= 0.3 is 0 Å². The van der Waals surface area contributed by atoms with Gasteiger partial charge in [-0.3, -0.25) is 9.69 Å². The summed E-state index contributed by atoms with van der Waals surface area (Å²) in [6.07, 6.45) is 6.39. The van der Waals surface area contributed by atoms with Crippen molar-refractivity contribution in [3.63, 3.8) is 0 Å². The van der Waals surface area contributed by atoms with Crippen LogP contribution < -0.4 is 0 Å². The van der Waals surface area contributed by atoms with E-state index in [1.54, 1.807) is 0 Å². The van der Waals surface area contributed by atoms with Crippen LogP contribution in [0.5, 0.6) is 0 Å². The van der Waals surface area contributed by atoms with Crippen molar-refractivity contribution < 1.29 is 4.79 Å². The maximum absolute atomic E-state index is 12.4. The number of likely N-dealkylation sites (tertiary alicyclic amines) is 1. The van der Waals surface area contributed by atoms with Gasteiger partial charge in [-0.15, -0.1) is 0 Å². The van der Waals surface area contributed by atoms with Gasteiger partial charge in [-0.05, 0) is 45.3 Å². The lowest BCUT2D eigenvalue weighted by Crippen LogP contribution is -2.42. The summed E-state index contributed by atoms with van der Waals surface area (Å²) < 4.78 is 0. The van der Waals surface area contributed by atoms with Crippen molar-refractivity contribution in [1.82, 2.24) is 9.80 Å². The van der Waals surface area contributed by atoms with Crippen molar-refractivity contribution in [2.45, 2.75) is 26.7 Å². The second-order valence-corrected chi connectivity index (χ2v) is 5.90. The first-order valence-electron chi connectivity index (χ1n) is 8.47. The molecule has 1 aliphatic rings. The summed E-state index contributed by atoms with van der Waals surface area (Å²) in [4.78, 5) is 16.8. The SMILES string of the molecule is CCN(CC)C(=O)C1CCN(CC=Cc2ccccc2)CC1. The van der Waals surface area contributed by atoms with Crippen molar-refractivity contribution in [2.75, 3.05) is 32.7 Å². The average molecular weight is 300 g/mol. The highest BCUT2D eigenvalue weighted by Crippen LogP contribution is 2.19. The van der Waals surface area contributed by atoms with Crippen molar-refractivity contribution >= 4 is 12.0 Å². The summed E-state index contributed by atoms with van der Waals surface area (Å²) in [6.45, 7) is 8.80. The number of hydrogen-bond donors (Lipinski definition) is 0. The highest BCUT2D eigenvalue weighted by atomic mass is 16.2. The zero-order valence-electron chi connectivity index (χ0n) is 13.9. The minimum atomic E-state index is 0.231. The van der Waals surface area contributed by atoms with E-state index in [-0.39, 0.29) is 5.92 Å². The molecule has 22 heavy (non-hydrogen) atoms. The highest BCUT2D eigenvalue weighted by molar-refractivity contribution is 5.78. The molecule has 1 aromatic rings. The van der Waals surface area contributed by atoms with Gasteiger partial charge in [-0.2, -0.15) is 0 Å². The van der Waals surface area contributed by atoms with Gasteiger partial charge in [0.25, 0.3) is 0 Å². The van der Waals surface area contributed by atoms with Crippen molar-refractivity contribution in [2.24, 2.45) is 5.92 Å². The third kappa shape index (κ3) is 4.70. The second-order valence-electron chi connectivity index (χ2n) is 5.90. The van der Waals surface area contributed by atoms with E-state index in [0.717, 1.165) is 45.6 Å². The van der Waals surface area contributed by atoms with Crippen LogP contribution in [-0.2, 0) is 4.79 Å². The van der Waals surface area contributed by atoms with Gasteiger partial charge in [0.1, 0.15) is 0 Å². The average Bonchev–Trinajstić information content (AvgIpc) is 2.57. The molecule has 0 aromatic heterocycles. The van der Waals surface area contributed by atoms with Gasteiger partial charge < -0.3 is 4.90 Å². The van der Waals surface area contributed by atoms with Crippen LogP contribution in [-0.4, -0.2) is 48.4 Å². The molecule has 0 radical (unpaired) electrons. The van der Waals surface area contributed by atoms with Gasteiger partial charge in [0.15, 0.2) is 0 Å². The molecule has 0 unspecified atom stereocenters. The Morgan fingerprint density at radius 3 is 2.41 bits per heavy atom. The number of nitrogens with zero attached hydrogens (tertiary/aromatic N) is 2. The number of rotatable bonds is 6. The highest BCUT2D eigenvalue weighted by Gasteiger charge is 2.26. The molecule has 1 amide bonds. The molecule has 0 atom stereocenters. The molecule has 120 valence electrons. The van der Waals surface area contributed by atoms with Gasteiger partial charge in [0.05, 0.1) is 0 Å². The van der Waals surface area contributed by atoms with E-state index in [9.17, 15) is 4.79 Å². The Morgan fingerprint density at radius 1 is 1.18 bits per heavy atom. The molecule has 0 spiro atoms. The Hall–Kier alpha value is -1.61. The molecule has 1 aliphatic heterocycles. The molecule has 2 rings (SSSR count). The van der Waals surface area contributed by atoms with E-state index in [1.807, 2.05) is 11.0 Å². The molecule has 0 saturated carbocycles. The largest absolute Gasteiger partial charge is 0.343 e. The molecule has 1 fully saturated rings. The summed E-state index contributed by atoms with van der Waals surface area (Å²) in [5.41, 5.74) is 1.24. The van der Waals surface area contributed by atoms with Gasteiger partial charge in [-0.25, -0.2) is 0 Å². The molecule has 1 saturated heterocycles. The maximum atomic E-state index is 12.4. The standard InChI is InChI=1S/C19H28N2O/c1-3-21(4-2)19(22)18-12-15-20(16-13-18)14-8-11-17-9-6-5-7-10-17/h5-11,18H,3-4,12-16H2,1-2H3. The third-order valence-electron chi connectivity index (χ3n) is 4.49. The van der Waals surface area contributed by atoms with E-state index in [2.05, 4.69) is 55.2 Å². The van der Waals surface area contributed by atoms with Crippen molar-refractivity contribution in [1.29, 1.82) is 0 Å². The number of carbonyl (C=O) groups is 1. The molecular weight excluding hydrogens is 272 g/mol. The Bertz CT molecular complexity index is 471. The number of amides is 1. The predicted octanol–water partition coefficient (Wildman–Crippen LogP) is 3.28. The molecule has 0 bridgehead atoms. The van der Waals surface area contributed by atoms with E-state index in [1.165, 1.54) is 5.56 Å². The lowest BCUT2D eigenvalue weighted by Gasteiger charge is -2.33. The number of piperidine rings is 1. The van der Waals surface area contributed by atoms with Crippen LogP contribution in [0.1, 0.15) is 32.3 Å². The fraction of sp³-hybridized carbons (Fsp3) is 0.526. The normalized spacial score (nSPS) is 17.0. The van der Waals surface area contributed by atoms with Crippen LogP contribution in [0, 0.1) is 5.92 Å². The molecule has 3 nitrogen and oxygen atoms in total.